The zero-order valence-corrected chi connectivity index (χ0v) is 16.1. The number of nitrogens with one attached hydrogen (secondary N) is 1. The summed E-state index contributed by atoms with van der Waals surface area (Å²) in [4.78, 5) is 18.5. The van der Waals surface area contributed by atoms with Crippen molar-refractivity contribution in [1.82, 2.24) is 20.1 Å². The maximum absolute atomic E-state index is 12.6. The molecule has 3 aromatic rings. The second-order valence-electron chi connectivity index (χ2n) is 6.14. The van der Waals surface area contributed by atoms with E-state index in [4.69, 9.17) is 9.47 Å². The van der Waals surface area contributed by atoms with Gasteiger partial charge in [0.2, 0.25) is 5.88 Å². The highest BCUT2D eigenvalue weighted by molar-refractivity contribution is 9.10. The quantitative estimate of drug-likeness (QED) is 0.674. The molecular formula is C19H17BrN4O3. The van der Waals surface area contributed by atoms with Gasteiger partial charge >= 0.3 is 0 Å². The van der Waals surface area contributed by atoms with Gasteiger partial charge in [-0.25, -0.2) is 4.98 Å². The number of ether oxygens (including phenoxy) is 2. The summed E-state index contributed by atoms with van der Waals surface area (Å²) in [5.74, 6) is 1.18. The number of aromatic amines is 1. The third-order valence-electron chi connectivity index (χ3n) is 4.31. The number of rotatable bonds is 5. The molecule has 4 rings (SSSR count). The molecule has 1 amide bonds. The van der Waals surface area contributed by atoms with Gasteiger partial charge in [0.15, 0.2) is 0 Å². The van der Waals surface area contributed by atoms with E-state index in [1.54, 1.807) is 24.3 Å². The summed E-state index contributed by atoms with van der Waals surface area (Å²) in [7, 11) is 1.62. The number of hydrogen-bond acceptors (Lipinski definition) is 5. The Labute approximate surface area is 164 Å². The predicted molar refractivity (Wildman–Crippen MR) is 103 cm³/mol. The molecule has 0 unspecified atom stereocenters. The van der Waals surface area contributed by atoms with Gasteiger partial charge in [0.05, 0.1) is 30.4 Å². The van der Waals surface area contributed by atoms with Crippen molar-refractivity contribution < 1.29 is 14.3 Å². The van der Waals surface area contributed by atoms with Gasteiger partial charge in [0.1, 0.15) is 17.5 Å². The number of likely N-dealkylation sites (tertiary alicyclic amines) is 1. The van der Waals surface area contributed by atoms with Crippen molar-refractivity contribution in [2.75, 3.05) is 20.2 Å². The first-order valence-electron chi connectivity index (χ1n) is 8.40. The van der Waals surface area contributed by atoms with E-state index in [9.17, 15) is 4.79 Å². The molecule has 1 fully saturated rings. The summed E-state index contributed by atoms with van der Waals surface area (Å²) < 4.78 is 11.8. The molecule has 2 aromatic heterocycles. The Morgan fingerprint density at radius 2 is 2.11 bits per heavy atom. The summed E-state index contributed by atoms with van der Waals surface area (Å²) in [6.07, 6.45) is 1.60. The van der Waals surface area contributed by atoms with Crippen LogP contribution in [0.5, 0.6) is 11.6 Å². The number of benzene rings is 1. The standard InChI is InChI=1S/C19H17BrN4O3/c1-26-13-5-2-4-12(8-13)16-9-17(23-22-16)19(25)24-10-14(11-24)27-18-15(20)6-3-7-21-18/h2-9,14H,10-11H2,1H3,(H,22,23). The van der Waals surface area contributed by atoms with Crippen LogP contribution in [0.1, 0.15) is 10.5 Å². The highest BCUT2D eigenvalue weighted by atomic mass is 79.9. The van der Waals surface area contributed by atoms with Crippen molar-refractivity contribution in [3.8, 4) is 22.9 Å². The van der Waals surface area contributed by atoms with Gasteiger partial charge in [-0.05, 0) is 46.3 Å². The largest absolute Gasteiger partial charge is 0.497 e. The van der Waals surface area contributed by atoms with Gasteiger partial charge in [-0.15, -0.1) is 0 Å². The number of halogens is 1. The van der Waals surface area contributed by atoms with Crippen LogP contribution < -0.4 is 9.47 Å². The summed E-state index contributed by atoms with van der Waals surface area (Å²) in [6, 6.07) is 13.0. The third kappa shape index (κ3) is 3.66. The topological polar surface area (TPSA) is 80.3 Å². The number of pyridine rings is 1. The molecule has 8 heteroatoms. The first kappa shape index (κ1) is 17.5. The number of amides is 1. The van der Waals surface area contributed by atoms with Crippen LogP contribution in [0.25, 0.3) is 11.3 Å². The molecule has 1 saturated heterocycles. The monoisotopic (exact) mass is 428 g/mol. The molecule has 0 radical (unpaired) electrons. The van der Waals surface area contributed by atoms with E-state index in [0.717, 1.165) is 15.8 Å². The Morgan fingerprint density at radius 1 is 1.26 bits per heavy atom. The molecule has 0 aliphatic carbocycles. The molecule has 1 aliphatic heterocycles. The van der Waals surface area contributed by atoms with E-state index in [-0.39, 0.29) is 12.0 Å². The summed E-state index contributed by atoms with van der Waals surface area (Å²) in [5, 5.41) is 7.07. The Bertz CT molecular complexity index is 969. The molecule has 0 spiro atoms. The van der Waals surface area contributed by atoms with Crippen LogP contribution in [0.15, 0.2) is 53.1 Å². The van der Waals surface area contributed by atoms with Crippen LogP contribution in [-0.2, 0) is 0 Å². The van der Waals surface area contributed by atoms with Crippen molar-refractivity contribution in [3.05, 3.63) is 58.8 Å². The van der Waals surface area contributed by atoms with Crippen LogP contribution in [0.3, 0.4) is 0 Å². The van der Waals surface area contributed by atoms with Gasteiger partial charge < -0.3 is 14.4 Å². The average Bonchev–Trinajstić information content (AvgIpc) is 3.15. The summed E-state index contributed by atoms with van der Waals surface area (Å²) >= 11 is 3.40. The Kier molecular flexibility index (Phi) is 4.81. The molecule has 3 heterocycles. The highest BCUT2D eigenvalue weighted by Crippen LogP contribution is 2.26. The lowest BCUT2D eigenvalue weighted by Gasteiger charge is -2.38. The molecule has 1 aliphatic rings. The fourth-order valence-corrected chi connectivity index (χ4v) is 3.17. The highest BCUT2D eigenvalue weighted by Gasteiger charge is 2.34. The van der Waals surface area contributed by atoms with Gasteiger partial charge in [-0.2, -0.15) is 5.10 Å². The van der Waals surface area contributed by atoms with Crippen LogP contribution in [0.2, 0.25) is 0 Å². The second-order valence-corrected chi connectivity index (χ2v) is 6.99. The number of aromatic nitrogens is 3. The van der Waals surface area contributed by atoms with Gasteiger partial charge in [0, 0.05) is 11.8 Å². The predicted octanol–water partition coefficient (Wildman–Crippen LogP) is 3.15. The zero-order valence-electron chi connectivity index (χ0n) is 14.6. The average molecular weight is 429 g/mol. The molecular weight excluding hydrogens is 412 g/mol. The molecule has 7 nitrogen and oxygen atoms in total. The molecule has 0 atom stereocenters. The second kappa shape index (κ2) is 7.40. The maximum atomic E-state index is 12.6. The Hall–Kier alpha value is -2.87. The van der Waals surface area contributed by atoms with Crippen LogP contribution in [0, 0.1) is 0 Å². The lowest BCUT2D eigenvalue weighted by atomic mass is 10.1. The van der Waals surface area contributed by atoms with Crippen molar-refractivity contribution in [2.45, 2.75) is 6.10 Å². The SMILES string of the molecule is COc1cccc(-c2cc(C(=O)N3CC(Oc4ncccc4Br)C3)[nH]n2)c1. The molecule has 138 valence electrons. The first-order chi connectivity index (χ1) is 13.1. The smallest absolute Gasteiger partial charge is 0.272 e. The van der Waals surface area contributed by atoms with Crippen LogP contribution >= 0.6 is 15.9 Å². The molecule has 1 aromatic carbocycles. The van der Waals surface area contributed by atoms with Crippen molar-refractivity contribution in [3.63, 3.8) is 0 Å². The lowest BCUT2D eigenvalue weighted by molar-refractivity contribution is 0.0152. The van der Waals surface area contributed by atoms with E-state index >= 15 is 0 Å². The minimum Gasteiger partial charge on any atom is -0.497 e. The Morgan fingerprint density at radius 3 is 2.89 bits per heavy atom. The normalized spacial score (nSPS) is 13.9. The summed E-state index contributed by atoms with van der Waals surface area (Å²) in [5.41, 5.74) is 2.03. The minimum absolute atomic E-state index is 0.0686. The number of methoxy groups -OCH3 is 1. The maximum Gasteiger partial charge on any atom is 0.272 e. The number of carbonyl (C=O) groups is 1. The van der Waals surface area contributed by atoms with E-state index in [1.807, 2.05) is 36.4 Å². The van der Waals surface area contributed by atoms with Gasteiger partial charge in [-0.3, -0.25) is 9.89 Å². The van der Waals surface area contributed by atoms with Crippen molar-refractivity contribution >= 4 is 21.8 Å². The van der Waals surface area contributed by atoms with Gasteiger partial charge in [-0.1, -0.05) is 12.1 Å². The fourth-order valence-electron chi connectivity index (χ4n) is 2.83. The van der Waals surface area contributed by atoms with Crippen molar-refractivity contribution in [2.24, 2.45) is 0 Å². The lowest BCUT2D eigenvalue weighted by Crippen LogP contribution is -2.56. The number of nitrogens with zero attached hydrogens (tertiary/aromatic N) is 3. The van der Waals surface area contributed by atoms with Gasteiger partial charge in [0.25, 0.3) is 5.91 Å². The molecule has 0 saturated carbocycles. The van der Waals surface area contributed by atoms with E-state index in [2.05, 4.69) is 31.1 Å². The van der Waals surface area contributed by atoms with E-state index in [1.165, 1.54) is 0 Å². The molecule has 0 bridgehead atoms. The third-order valence-corrected chi connectivity index (χ3v) is 4.92. The van der Waals surface area contributed by atoms with E-state index in [0.29, 0.717) is 30.4 Å². The fraction of sp³-hybridized carbons (Fsp3) is 0.211. The molecule has 1 N–H and O–H groups in total. The Balaban J connectivity index is 1.39. The first-order valence-corrected chi connectivity index (χ1v) is 9.19. The molecule has 27 heavy (non-hydrogen) atoms. The number of hydrogen-bond donors (Lipinski definition) is 1. The van der Waals surface area contributed by atoms with Crippen LogP contribution in [0.4, 0.5) is 0 Å². The minimum atomic E-state index is -0.100. The van der Waals surface area contributed by atoms with Crippen molar-refractivity contribution in [1.29, 1.82) is 0 Å². The zero-order chi connectivity index (χ0) is 18.8. The van der Waals surface area contributed by atoms with E-state index < -0.39 is 0 Å². The summed E-state index contributed by atoms with van der Waals surface area (Å²) in [6.45, 7) is 1.02. The number of H-pyrrole nitrogens is 1. The number of carbonyl (C=O) groups excluding carboxylic acids is 1. The van der Waals surface area contributed by atoms with Crippen LogP contribution in [-0.4, -0.2) is 52.3 Å².